The maximum absolute atomic E-state index is 14.7. The van der Waals surface area contributed by atoms with E-state index in [1.54, 1.807) is 65.8 Å². The van der Waals surface area contributed by atoms with Gasteiger partial charge in [-0.1, -0.05) is 95.1 Å². The first-order valence-electron chi connectivity index (χ1n) is 45.0. The Morgan fingerprint density at radius 3 is 2.04 bits per heavy atom. The van der Waals surface area contributed by atoms with Crippen LogP contribution in [-0.4, -0.2) is 285 Å². The monoisotopic (exact) mass is 1900 g/mol. The van der Waals surface area contributed by atoms with Crippen molar-refractivity contribution >= 4 is 85.6 Å². The quantitative estimate of drug-likeness (QED) is 0.0330. The van der Waals surface area contributed by atoms with Crippen LogP contribution in [0.3, 0.4) is 0 Å². The molecule has 0 unspecified atom stereocenters. The Hall–Kier alpha value is -9.34. The van der Waals surface area contributed by atoms with Crippen LogP contribution in [0.15, 0.2) is 136 Å². The Labute approximate surface area is 785 Å². The summed E-state index contributed by atoms with van der Waals surface area (Å²) < 4.78 is 48.7. The number of amides is 2. The van der Waals surface area contributed by atoms with Gasteiger partial charge in [-0.25, -0.2) is 9.98 Å². The molecule has 2 aliphatic carbocycles. The largest absolute Gasteiger partial charge is 0.507 e. The van der Waals surface area contributed by atoms with Gasteiger partial charge in [0.1, 0.15) is 101 Å². The summed E-state index contributed by atoms with van der Waals surface area (Å²) in [6.45, 7) is 22.8. The van der Waals surface area contributed by atoms with Crippen molar-refractivity contribution in [1.29, 1.82) is 0 Å². The summed E-state index contributed by atoms with van der Waals surface area (Å²) in [6.07, 6.45) is -14.7. The number of nitrogens with one attached hydrogen (secondary N) is 3. The zero-order valence-corrected chi connectivity index (χ0v) is 78.6. The van der Waals surface area contributed by atoms with E-state index in [-0.39, 0.29) is 81.7 Å². The molecule has 134 heavy (non-hydrogen) atoms. The molecule has 1 spiro atoms. The van der Waals surface area contributed by atoms with Crippen LogP contribution in [0.4, 0.5) is 17.1 Å². The Bertz CT molecular complexity index is 5610. The first kappa shape index (κ1) is 104. The van der Waals surface area contributed by atoms with Gasteiger partial charge < -0.3 is 148 Å². The standard InChI is InChI=1S/C46H62N4O11.C27H22Cl2N4.C22H43N5O13/c1-22(2)21-50-18-16-46(17-19-50)48-34-31-32-39(54)28(8)42-33(31)43(56)45(10,61-42)59-20-15-30(58-11)25(5)41(60-29(9)51)27(7)38(53)26(6)37(52)23(3)13-12-14-24(4)44(57)47-36(40(32)55)35(34)49-46;1-17(2)30-24-16-27-25(15-23(24)31-20-11-7-18(28)8-12-20)32-22-5-3-4-6-26(22)33(27)21-13-9-19(29)10-14-21;23-2-1-8(29)20(36)27-7-3-6(25)18(39-22-16(34)15(33)13(31)9(4-24)37-22)17(35)19(7)40-21-14(32)11(26)12(30)10(5-28)38-21/h12-15,20,22-23,25-27,30,37-38,41,48,52-55H,16-19,21H2,1-11H3;3-17,31H,1-2H3;6-19,21-22,28-35H,1-5,23-26H2,(H,27,36)/b13-12+,20-15+,24-14-,47-36?;;/t23-,25+,26+,27+,30-,37-,38+,41+,45-;;6-,7+,8-,9+,10+,11-,12+,13+,14+,15-,16+,17-,18+,19-,21+,22+/m0.0/s1. The maximum atomic E-state index is 14.7. The van der Waals surface area contributed by atoms with Gasteiger partial charge in [0, 0.05) is 134 Å². The van der Waals surface area contributed by atoms with Crippen molar-refractivity contribution in [2.75, 3.05) is 57.1 Å². The minimum absolute atomic E-state index is 0.0101. The molecule has 4 fully saturated rings. The Morgan fingerprint density at radius 1 is 0.754 bits per heavy atom. The highest BCUT2D eigenvalue weighted by Crippen LogP contribution is 2.52. The van der Waals surface area contributed by atoms with E-state index in [9.17, 15) is 80.5 Å². The average molecular weight is 1910 g/mol. The molecule has 0 radical (unpaired) electrons. The van der Waals surface area contributed by atoms with Crippen molar-refractivity contribution < 1.29 is 118 Å². The number of phenolic OH excluding ortho intramolecular Hbond substituents is 2. The number of carbonyl (C=O) groups is 4. The van der Waals surface area contributed by atoms with Gasteiger partial charge in [-0.2, -0.15) is 0 Å². The number of fused-ring (bicyclic) bond motifs is 3. The number of esters is 1. The lowest BCUT2D eigenvalue weighted by Gasteiger charge is -2.49. The van der Waals surface area contributed by atoms with Crippen LogP contribution in [0.2, 0.25) is 10.0 Å². The predicted molar refractivity (Wildman–Crippen MR) is 497 cm³/mol. The number of phenols is 2. The number of aromatic hydroxyl groups is 2. The van der Waals surface area contributed by atoms with Gasteiger partial charge in [0.2, 0.25) is 5.91 Å². The van der Waals surface area contributed by atoms with Crippen molar-refractivity contribution in [3.8, 4) is 34.3 Å². The molecule has 23 N–H and O–H groups in total. The number of carbonyl (C=O) groups excluding carboxylic acids is 4. The van der Waals surface area contributed by atoms with E-state index >= 15 is 0 Å². The van der Waals surface area contributed by atoms with Gasteiger partial charge in [0.25, 0.3) is 11.7 Å². The number of aliphatic hydroxyl groups is 10. The van der Waals surface area contributed by atoms with Crippen molar-refractivity contribution in [3.63, 3.8) is 0 Å². The number of hydrogen-bond acceptors (Lipinski definition) is 34. The van der Waals surface area contributed by atoms with Gasteiger partial charge in [0.15, 0.2) is 18.3 Å². The molecular weight excluding hydrogens is 1780 g/mol. The number of aromatic nitrogens is 2. The molecule has 9 aliphatic rings. The number of ether oxygens (including phenoxy) is 8. The summed E-state index contributed by atoms with van der Waals surface area (Å²) in [6, 6.07) is 24.5. The maximum Gasteiger partial charge on any atom is 0.312 e. The van der Waals surface area contributed by atoms with Crippen molar-refractivity contribution in [2.45, 2.75) is 249 Å². The number of benzene rings is 6. The molecule has 730 valence electrons. The number of anilines is 3. The van der Waals surface area contributed by atoms with Crippen LogP contribution in [0.1, 0.15) is 118 Å². The van der Waals surface area contributed by atoms with E-state index in [0.29, 0.717) is 34.5 Å². The van der Waals surface area contributed by atoms with E-state index in [1.807, 2.05) is 66.7 Å². The summed E-state index contributed by atoms with van der Waals surface area (Å²) in [5.41, 5.74) is 29.6. The van der Waals surface area contributed by atoms with Crippen LogP contribution in [-0.2, 0) is 47.5 Å². The van der Waals surface area contributed by atoms with Gasteiger partial charge in [-0.15, -0.1) is 0 Å². The lowest BCUT2D eigenvalue weighted by molar-refractivity contribution is -0.332. The topological polar surface area (TPSA) is 583 Å². The second-order valence-corrected chi connectivity index (χ2v) is 37.3. The third kappa shape index (κ3) is 22.4. The number of aliphatic hydroxyl groups excluding tert-OH is 10. The first-order valence-corrected chi connectivity index (χ1v) is 45.8. The van der Waals surface area contributed by atoms with Crippen molar-refractivity contribution in [3.05, 3.63) is 158 Å². The molecule has 39 heteroatoms. The summed E-state index contributed by atoms with van der Waals surface area (Å²) in [7, 11) is 1.47. The number of halogens is 2. The molecule has 5 aromatic carbocycles. The molecule has 7 aliphatic heterocycles. The third-order valence-electron chi connectivity index (χ3n) is 25.7. The van der Waals surface area contributed by atoms with Crippen LogP contribution >= 0.6 is 23.2 Å². The van der Waals surface area contributed by atoms with E-state index in [0.717, 1.165) is 64.5 Å². The molecule has 4 bridgehead atoms. The second-order valence-electron chi connectivity index (χ2n) is 36.4. The molecule has 14 rings (SSSR count). The van der Waals surface area contributed by atoms with E-state index < -0.39 is 193 Å². The number of piperidine rings is 1. The number of hydrogen-bond donors (Lipinski definition) is 19. The van der Waals surface area contributed by atoms with Crippen LogP contribution in [0.5, 0.6) is 17.2 Å². The molecule has 7 heterocycles. The summed E-state index contributed by atoms with van der Waals surface area (Å²) >= 11 is 12.2. The Balaban J connectivity index is 0.000000192. The normalized spacial score (nSPS) is 31.9. The van der Waals surface area contributed by atoms with Crippen LogP contribution in [0.25, 0.3) is 38.9 Å². The highest BCUT2D eigenvalue weighted by Gasteiger charge is 2.55. The van der Waals surface area contributed by atoms with Crippen LogP contribution in [0, 0.1) is 36.5 Å². The fourth-order valence-electron chi connectivity index (χ4n) is 18.2. The molecular formula is C95H127Cl2N13O24. The number of methoxy groups -OCH3 is 1. The second kappa shape index (κ2) is 44.0. The molecule has 25 atom stereocenters. The molecule has 37 nitrogen and oxygen atoms in total. The SMILES string of the molecule is CC(C)N=c1cc2n(-c3ccc(Cl)cc3)c3ccccc3nc-2cc1Nc1ccc(Cl)cc1.CO[C@H]1/C=C/O[C@@]2(C)Oc3c(C)c(O)c4c(O)c(c5c(c4c3C2=O)NC2(CCN(CC(C)C)CC2)N=5)=NC(=O)/C(C)=C\C=C\[C@H](C)[C@H](O)[C@@H](C)[C@@H](O)[C@@H](C)[C@H](OC(C)=O)[C@@H]1C.NCC[C@H](O)C(=O)N[C@@H]1C[C@H](N)[C@@H](O[C@H]2O[C@H](CN)[C@@H](O)[C@H](O)[C@H]2O)[C@H](O)[C@H]1O[C@H]1O[C@H](CO)[C@@H](O)[C@H](N)[C@H]1O. The highest BCUT2D eigenvalue weighted by molar-refractivity contribution is 6.31. The Kier molecular flexibility index (Phi) is 34.0. The highest BCUT2D eigenvalue weighted by atomic mass is 35.5. The van der Waals surface area contributed by atoms with Gasteiger partial charge >= 0.3 is 11.8 Å². The van der Waals surface area contributed by atoms with E-state index in [1.165, 1.54) is 27.2 Å². The number of Topliss-reactive ketones (excluding diaryl/α,β-unsaturated/α-hetero) is 1. The fourth-order valence-corrected chi connectivity index (χ4v) is 18.4. The minimum Gasteiger partial charge on any atom is -0.507 e. The smallest absolute Gasteiger partial charge is 0.312 e. The van der Waals surface area contributed by atoms with Crippen molar-refractivity contribution in [2.24, 2.45) is 67.5 Å². The fraction of sp³-hybridized carbons (Fsp3) is 0.537. The van der Waals surface area contributed by atoms with Crippen LogP contribution < -0.4 is 59.7 Å². The third-order valence-corrected chi connectivity index (χ3v) is 26.2. The Morgan fingerprint density at radius 2 is 1.40 bits per heavy atom. The molecule has 0 aromatic heterocycles. The summed E-state index contributed by atoms with van der Waals surface area (Å²) in [5.74, 6) is -7.41. The zero-order valence-electron chi connectivity index (χ0n) is 77.1. The number of ketones is 1. The molecule has 2 amide bonds. The summed E-state index contributed by atoms with van der Waals surface area (Å²) in [4.78, 5) is 75.3. The number of nitrogens with zero attached hydrogens (tertiary/aromatic N) is 6. The van der Waals surface area contributed by atoms with E-state index in [4.69, 9.17) is 99.0 Å². The van der Waals surface area contributed by atoms with Crippen molar-refractivity contribution in [1.82, 2.24) is 19.8 Å². The van der Waals surface area contributed by atoms with Gasteiger partial charge in [-0.3, -0.25) is 29.2 Å². The number of nitrogens with two attached hydrogens (primary N) is 4. The number of allylic oxidation sites excluding steroid dienone is 2. The predicted octanol–water partition coefficient (Wildman–Crippen LogP) is 3.82. The molecule has 5 aromatic rings. The number of likely N-dealkylation sites (tertiary alicyclic amines) is 1. The molecule has 3 saturated heterocycles. The number of para-hydroxylation sites is 2. The van der Waals surface area contributed by atoms with E-state index in [2.05, 4.69) is 76.3 Å². The van der Waals surface area contributed by atoms with Gasteiger partial charge in [-0.05, 0) is 132 Å². The van der Waals surface area contributed by atoms with Gasteiger partial charge in [0.05, 0.1) is 93.4 Å². The minimum atomic E-state index is -1.95. The molecule has 1 saturated carbocycles. The number of rotatable bonds is 18. The average Bonchev–Trinajstić information content (AvgIpc) is 1.53. The lowest BCUT2D eigenvalue weighted by atomic mass is 9.78. The zero-order chi connectivity index (χ0) is 97.7. The summed E-state index contributed by atoms with van der Waals surface area (Å²) in [5, 5.41) is 141. The first-order chi connectivity index (χ1) is 63.5. The lowest BCUT2D eigenvalue weighted by Crippen LogP contribution is -2.69.